The van der Waals surface area contributed by atoms with Gasteiger partial charge in [-0.25, -0.2) is 4.39 Å². The zero-order chi connectivity index (χ0) is 19.7. The highest BCUT2D eigenvalue weighted by Crippen LogP contribution is 2.31. The Hall–Kier alpha value is -3.15. The highest BCUT2D eigenvalue weighted by atomic mass is 19.1. The van der Waals surface area contributed by atoms with Crippen molar-refractivity contribution in [1.29, 1.82) is 0 Å². The van der Waals surface area contributed by atoms with E-state index in [1.54, 1.807) is 24.1 Å². The molecule has 0 radical (unpaired) electrons. The molecule has 2 aromatic carbocycles. The molecule has 28 heavy (non-hydrogen) atoms. The van der Waals surface area contributed by atoms with Crippen LogP contribution in [-0.4, -0.2) is 41.3 Å². The Morgan fingerprint density at radius 2 is 1.93 bits per heavy atom. The van der Waals surface area contributed by atoms with Gasteiger partial charge in [0, 0.05) is 36.6 Å². The van der Waals surface area contributed by atoms with Crippen molar-refractivity contribution in [2.75, 3.05) is 13.6 Å². The molecule has 5 nitrogen and oxygen atoms in total. The Morgan fingerprint density at radius 1 is 1.18 bits per heavy atom. The summed E-state index contributed by atoms with van der Waals surface area (Å²) in [6, 6.07) is 13.9. The number of carbonyl (C=O) groups excluding carboxylic acids is 2. The van der Waals surface area contributed by atoms with E-state index in [2.05, 4.69) is 10.3 Å². The molecule has 1 atom stereocenters. The number of hydrogen-bond donors (Lipinski definition) is 2. The van der Waals surface area contributed by atoms with Crippen LogP contribution < -0.4 is 5.32 Å². The maximum atomic E-state index is 13.3. The molecule has 1 unspecified atom stereocenters. The molecule has 2 amide bonds. The van der Waals surface area contributed by atoms with Crippen LogP contribution in [0.2, 0.25) is 0 Å². The third-order valence-electron chi connectivity index (χ3n) is 5.42. The van der Waals surface area contributed by atoms with E-state index >= 15 is 0 Å². The largest absolute Gasteiger partial charge is 0.354 e. The first kappa shape index (κ1) is 18.2. The number of rotatable bonds is 5. The van der Waals surface area contributed by atoms with Crippen molar-refractivity contribution < 1.29 is 14.0 Å². The van der Waals surface area contributed by atoms with Crippen LogP contribution >= 0.6 is 0 Å². The highest BCUT2D eigenvalue weighted by Gasteiger charge is 2.30. The van der Waals surface area contributed by atoms with Gasteiger partial charge in [0.15, 0.2) is 0 Å². The van der Waals surface area contributed by atoms with Gasteiger partial charge in [-0.3, -0.25) is 9.59 Å². The first-order chi connectivity index (χ1) is 13.5. The SMILES string of the molecule is CN(C(=O)CCc1c(-c2ccc(F)cc2)[nH]c2ccccc12)C1CCNC1=O. The molecule has 1 aliphatic heterocycles. The van der Waals surface area contributed by atoms with Crippen LogP contribution in [0.25, 0.3) is 22.2 Å². The molecule has 2 N–H and O–H groups in total. The molecule has 0 spiro atoms. The standard InChI is InChI=1S/C22H22FN3O2/c1-26(19-12-13-24-22(19)28)20(27)11-10-17-16-4-2-3-5-18(16)25-21(17)14-6-8-15(23)9-7-14/h2-9,19,25H,10-13H2,1H3,(H,24,28). The summed E-state index contributed by atoms with van der Waals surface area (Å²) in [6.45, 7) is 0.609. The second kappa shape index (κ2) is 7.46. The number of fused-ring (bicyclic) bond motifs is 1. The number of para-hydroxylation sites is 1. The van der Waals surface area contributed by atoms with E-state index in [0.29, 0.717) is 25.8 Å². The van der Waals surface area contributed by atoms with E-state index in [9.17, 15) is 14.0 Å². The Morgan fingerprint density at radius 3 is 2.64 bits per heavy atom. The molecule has 3 aromatic rings. The Labute approximate surface area is 162 Å². The molecule has 1 aliphatic rings. The van der Waals surface area contributed by atoms with Crippen molar-refractivity contribution in [3.05, 3.63) is 59.9 Å². The molecule has 0 aliphatic carbocycles. The van der Waals surface area contributed by atoms with Gasteiger partial charge < -0.3 is 15.2 Å². The van der Waals surface area contributed by atoms with Gasteiger partial charge in [0.25, 0.3) is 0 Å². The number of likely N-dealkylation sites (N-methyl/N-ethyl adjacent to an activating group) is 1. The van der Waals surface area contributed by atoms with Crippen molar-refractivity contribution in [3.63, 3.8) is 0 Å². The molecular formula is C22H22FN3O2. The summed E-state index contributed by atoms with van der Waals surface area (Å²) in [6.07, 6.45) is 1.49. The van der Waals surface area contributed by atoms with Crippen molar-refractivity contribution in [3.8, 4) is 11.3 Å². The topological polar surface area (TPSA) is 65.2 Å². The second-order valence-corrected chi connectivity index (χ2v) is 7.13. The first-order valence-electron chi connectivity index (χ1n) is 9.43. The van der Waals surface area contributed by atoms with Crippen LogP contribution in [0.3, 0.4) is 0 Å². The number of nitrogens with zero attached hydrogens (tertiary/aromatic N) is 1. The van der Waals surface area contributed by atoms with Gasteiger partial charge >= 0.3 is 0 Å². The van der Waals surface area contributed by atoms with Crippen LogP contribution in [0.5, 0.6) is 0 Å². The van der Waals surface area contributed by atoms with Crippen LogP contribution in [0.1, 0.15) is 18.4 Å². The van der Waals surface area contributed by atoms with Crippen molar-refractivity contribution in [2.45, 2.75) is 25.3 Å². The average molecular weight is 379 g/mol. The van der Waals surface area contributed by atoms with Gasteiger partial charge in [-0.05, 0) is 54.3 Å². The lowest BCUT2D eigenvalue weighted by molar-refractivity contribution is -0.137. The molecule has 1 saturated heterocycles. The van der Waals surface area contributed by atoms with Gasteiger partial charge in [-0.15, -0.1) is 0 Å². The van der Waals surface area contributed by atoms with E-state index in [4.69, 9.17) is 0 Å². The molecule has 144 valence electrons. The van der Waals surface area contributed by atoms with Crippen molar-refractivity contribution in [1.82, 2.24) is 15.2 Å². The molecule has 0 bridgehead atoms. The van der Waals surface area contributed by atoms with E-state index in [1.807, 2.05) is 24.3 Å². The number of aromatic nitrogens is 1. The molecule has 2 heterocycles. The number of aromatic amines is 1. The summed E-state index contributed by atoms with van der Waals surface area (Å²) in [5, 5.41) is 3.82. The summed E-state index contributed by atoms with van der Waals surface area (Å²) in [4.78, 5) is 29.5. The zero-order valence-corrected chi connectivity index (χ0v) is 15.7. The molecule has 1 aromatic heterocycles. The molecule has 0 saturated carbocycles. The number of hydrogen-bond acceptors (Lipinski definition) is 2. The number of halogens is 1. The van der Waals surface area contributed by atoms with Crippen LogP contribution in [0, 0.1) is 5.82 Å². The lowest BCUT2D eigenvalue weighted by Crippen LogP contribution is -2.41. The number of aryl methyl sites for hydroxylation is 1. The minimum Gasteiger partial charge on any atom is -0.354 e. The van der Waals surface area contributed by atoms with Crippen molar-refractivity contribution in [2.24, 2.45) is 0 Å². The number of amides is 2. The minimum absolute atomic E-state index is 0.0580. The summed E-state index contributed by atoms with van der Waals surface area (Å²) in [7, 11) is 1.69. The second-order valence-electron chi connectivity index (χ2n) is 7.13. The number of nitrogens with one attached hydrogen (secondary N) is 2. The Balaban J connectivity index is 1.60. The number of H-pyrrole nitrogens is 1. The quantitative estimate of drug-likeness (QED) is 0.715. The maximum Gasteiger partial charge on any atom is 0.242 e. The van der Waals surface area contributed by atoms with Gasteiger partial charge in [0.1, 0.15) is 11.9 Å². The zero-order valence-electron chi connectivity index (χ0n) is 15.7. The van der Waals surface area contributed by atoms with Crippen LogP contribution in [0.4, 0.5) is 4.39 Å². The maximum absolute atomic E-state index is 13.3. The van der Waals surface area contributed by atoms with Gasteiger partial charge in [0.05, 0.1) is 0 Å². The minimum atomic E-state index is -0.382. The highest BCUT2D eigenvalue weighted by molar-refractivity contribution is 5.92. The fourth-order valence-corrected chi connectivity index (χ4v) is 3.86. The molecule has 4 rings (SSSR count). The smallest absolute Gasteiger partial charge is 0.242 e. The van der Waals surface area contributed by atoms with Crippen LogP contribution in [-0.2, 0) is 16.0 Å². The predicted molar refractivity (Wildman–Crippen MR) is 106 cm³/mol. The normalized spacial score (nSPS) is 16.4. The van der Waals surface area contributed by atoms with E-state index in [1.165, 1.54) is 12.1 Å². The molecule has 6 heteroatoms. The summed E-state index contributed by atoms with van der Waals surface area (Å²) in [5.74, 6) is -0.430. The molecule has 1 fully saturated rings. The lowest BCUT2D eigenvalue weighted by Gasteiger charge is -2.22. The fourth-order valence-electron chi connectivity index (χ4n) is 3.86. The predicted octanol–water partition coefficient (Wildman–Crippen LogP) is 3.25. The van der Waals surface area contributed by atoms with Gasteiger partial charge in [-0.1, -0.05) is 18.2 Å². The Bertz CT molecular complexity index is 1030. The van der Waals surface area contributed by atoms with Crippen molar-refractivity contribution >= 4 is 22.7 Å². The van der Waals surface area contributed by atoms with Crippen LogP contribution in [0.15, 0.2) is 48.5 Å². The summed E-state index contributed by atoms with van der Waals surface area (Å²) >= 11 is 0. The van der Waals surface area contributed by atoms with E-state index in [0.717, 1.165) is 27.7 Å². The Kier molecular flexibility index (Phi) is 4.86. The van der Waals surface area contributed by atoms with Gasteiger partial charge in [0.2, 0.25) is 11.8 Å². The summed E-state index contributed by atoms with van der Waals surface area (Å²) in [5.41, 5.74) is 3.78. The fraction of sp³-hybridized carbons (Fsp3) is 0.273. The lowest BCUT2D eigenvalue weighted by atomic mass is 10.0. The van der Waals surface area contributed by atoms with E-state index in [-0.39, 0.29) is 23.7 Å². The monoisotopic (exact) mass is 379 g/mol. The molecular weight excluding hydrogens is 357 g/mol. The number of carbonyl (C=O) groups is 2. The first-order valence-corrected chi connectivity index (χ1v) is 9.43. The van der Waals surface area contributed by atoms with Gasteiger partial charge in [-0.2, -0.15) is 0 Å². The third kappa shape index (κ3) is 3.38. The third-order valence-corrected chi connectivity index (χ3v) is 5.42. The summed E-state index contributed by atoms with van der Waals surface area (Å²) < 4.78 is 13.3. The number of benzene rings is 2. The van der Waals surface area contributed by atoms with E-state index < -0.39 is 0 Å². The average Bonchev–Trinajstić information content (AvgIpc) is 3.29.